The first-order chi connectivity index (χ1) is 7.95. The molecule has 1 atom stereocenters. The maximum atomic E-state index is 13.0. The van der Waals surface area contributed by atoms with Gasteiger partial charge in [-0.05, 0) is 30.7 Å². The molecule has 94 valence electrons. The smallest absolute Gasteiger partial charge is 0.227 e. The van der Waals surface area contributed by atoms with Gasteiger partial charge in [0, 0.05) is 19.2 Å². The van der Waals surface area contributed by atoms with Crippen LogP contribution in [-0.4, -0.2) is 19.5 Å². The summed E-state index contributed by atoms with van der Waals surface area (Å²) in [7, 11) is 1.63. The van der Waals surface area contributed by atoms with E-state index in [1.165, 1.54) is 23.1 Å². The van der Waals surface area contributed by atoms with Crippen molar-refractivity contribution in [1.29, 1.82) is 0 Å². The third-order valence-electron chi connectivity index (χ3n) is 2.59. The Morgan fingerprint density at radius 2 is 2.24 bits per heavy atom. The zero-order chi connectivity index (χ0) is 13.0. The van der Waals surface area contributed by atoms with Crippen LogP contribution in [0.25, 0.3) is 0 Å². The van der Waals surface area contributed by atoms with E-state index < -0.39 is 5.82 Å². The minimum atomic E-state index is -0.494. The van der Waals surface area contributed by atoms with Crippen LogP contribution < -0.4 is 10.6 Å². The molecule has 1 unspecified atom stereocenters. The van der Waals surface area contributed by atoms with Gasteiger partial charge in [-0.15, -0.1) is 0 Å². The summed E-state index contributed by atoms with van der Waals surface area (Å²) < 4.78 is 13.0. The number of rotatable bonds is 4. The fraction of sp³-hybridized carbons (Fsp3) is 0.417. The van der Waals surface area contributed by atoms with E-state index in [0.29, 0.717) is 18.7 Å². The quantitative estimate of drug-likeness (QED) is 0.902. The lowest BCUT2D eigenvalue weighted by Crippen LogP contribution is -2.29. The van der Waals surface area contributed by atoms with Crippen molar-refractivity contribution in [3.63, 3.8) is 0 Å². The van der Waals surface area contributed by atoms with Gasteiger partial charge >= 0.3 is 0 Å². The molecule has 5 heteroatoms. The zero-order valence-electron chi connectivity index (χ0n) is 9.91. The van der Waals surface area contributed by atoms with E-state index in [2.05, 4.69) is 0 Å². The highest BCUT2D eigenvalue weighted by molar-refractivity contribution is 6.31. The lowest BCUT2D eigenvalue weighted by Gasteiger charge is -2.19. The number of carbonyl (C=O) groups excluding carboxylic acids is 1. The van der Waals surface area contributed by atoms with Gasteiger partial charge in [-0.1, -0.05) is 18.5 Å². The van der Waals surface area contributed by atoms with Gasteiger partial charge in [0.15, 0.2) is 0 Å². The van der Waals surface area contributed by atoms with Gasteiger partial charge in [0.2, 0.25) is 5.91 Å². The lowest BCUT2D eigenvalue weighted by molar-refractivity contribution is -0.119. The molecule has 0 fully saturated rings. The molecule has 1 amide bonds. The molecular formula is C12H16ClFN2O. The Bertz CT molecular complexity index is 411. The molecule has 0 radical (unpaired) electrons. The van der Waals surface area contributed by atoms with Gasteiger partial charge in [-0.25, -0.2) is 4.39 Å². The van der Waals surface area contributed by atoms with E-state index in [-0.39, 0.29) is 16.8 Å². The first kappa shape index (κ1) is 13.9. The van der Waals surface area contributed by atoms with Crippen molar-refractivity contribution in [2.45, 2.75) is 13.3 Å². The second-order valence-electron chi connectivity index (χ2n) is 4.10. The van der Waals surface area contributed by atoms with Crippen LogP contribution in [0.15, 0.2) is 18.2 Å². The van der Waals surface area contributed by atoms with E-state index in [1.807, 2.05) is 6.92 Å². The SMILES string of the molecule is CC(CN)CC(=O)N(C)c1ccc(F)c(Cl)c1. The highest BCUT2D eigenvalue weighted by Gasteiger charge is 2.14. The molecule has 1 aromatic rings. The van der Waals surface area contributed by atoms with Crippen LogP contribution in [0.3, 0.4) is 0 Å². The van der Waals surface area contributed by atoms with Crippen molar-refractivity contribution in [3.8, 4) is 0 Å². The molecule has 0 aliphatic carbocycles. The fourth-order valence-corrected chi connectivity index (χ4v) is 1.53. The van der Waals surface area contributed by atoms with E-state index >= 15 is 0 Å². The number of anilines is 1. The van der Waals surface area contributed by atoms with Gasteiger partial charge < -0.3 is 10.6 Å². The summed E-state index contributed by atoms with van der Waals surface area (Å²) in [6.45, 7) is 2.37. The predicted molar refractivity (Wildman–Crippen MR) is 67.7 cm³/mol. The van der Waals surface area contributed by atoms with Crippen LogP contribution in [-0.2, 0) is 4.79 Å². The Morgan fingerprint density at radius 3 is 2.76 bits per heavy atom. The molecule has 1 aromatic carbocycles. The minimum absolute atomic E-state index is 0.00835. The van der Waals surface area contributed by atoms with E-state index in [0.717, 1.165) is 0 Å². The van der Waals surface area contributed by atoms with Crippen molar-refractivity contribution in [3.05, 3.63) is 29.0 Å². The number of benzene rings is 1. The molecule has 3 nitrogen and oxygen atoms in total. The van der Waals surface area contributed by atoms with E-state index in [9.17, 15) is 9.18 Å². The summed E-state index contributed by atoms with van der Waals surface area (Å²) in [5.74, 6) is -0.432. The molecule has 0 aromatic heterocycles. The van der Waals surface area contributed by atoms with Crippen LogP contribution in [0.4, 0.5) is 10.1 Å². The highest BCUT2D eigenvalue weighted by Crippen LogP contribution is 2.22. The Kier molecular flexibility index (Phi) is 4.90. The zero-order valence-corrected chi connectivity index (χ0v) is 10.7. The molecule has 0 bridgehead atoms. The lowest BCUT2D eigenvalue weighted by atomic mass is 10.1. The average molecular weight is 259 g/mol. The van der Waals surface area contributed by atoms with E-state index in [1.54, 1.807) is 7.05 Å². The first-order valence-corrected chi connectivity index (χ1v) is 5.75. The number of hydrogen-bond acceptors (Lipinski definition) is 2. The Hall–Kier alpha value is -1.13. The number of nitrogens with zero attached hydrogens (tertiary/aromatic N) is 1. The molecule has 0 saturated carbocycles. The van der Waals surface area contributed by atoms with Crippen molar-refractivity contribution in [2.24, 2.45) is 11.7 Å². The van der Waals surface area contributed by atoms with Crippen LogP contribution >= 0.6 is 11.6 Å². The minimum Gasteiger partial charge on any atom is -0.330 e. The van der Waals surface area contributed by atoms with Gasteiger partial charge in [0.25, 0.3) is 0 Å². The third kappa shape index (κ3) is 3.68. The number of halogens is 2. The second kappa shape index (κ2) is 5.98. The molecule has 2 N–H and O–H groups in total. The van der Waals surface area contributed by atoms with Crippen molar-refractivity contribution >= 4 is 23.2 Å². The largest absolute Gasteiger partial charge is 0.330 e. The summed E-state index contributed by atoms with van der Waals surface area (Å²) >= 11 is 5.66. The molecule has 1 rings (SSSR count). The summed E-state index contributed by atoms with van der Waals surface area (Å²) in [5.41, 5.74) is 6.04. The normalized spacial score (nSPS) is 12.3. The van der Waals surface area contributed by atoms with Crippen molar-refractivity contribution in [2.75, 3.05) is 18.5 Å². The second-order valence-corrected chi connectivity index (χ2v) is 4.50. The van der Waals surface area contributed by atoms with E-state index in [4.69, 9.17) is 17.3 Å². The maximum Gasteiger partial charge on any atom is 0.227 e. The van der Waals surface area contributed by atoms with Gasteiger partial charge in [-0.2, -0.15) is 0 Å². The maximum absolute atomic E-state index is 13.0. The van der Waals surface area contributed by atoms with Gasteiger partial charge in [0.1, 0.15) is 5.82 Å². The van der Waals surface area contributed by atoms with Crippen LogP contribution in [0.5, 0.6) is 0 Å². The van der Waals surface area contributed by atoms with Crippen LogP contribution in [0.2, 0.25) is 5.02 Å². The van der Waals surface area contributed by atoms with Gasteiger partial charge in [0.05, 0.1) is 5.02 Å². The number of hydrogen-bond donors (Lipinski definition) is 1. The van der Waals surface area contributed by atoms with Gasteiger partial charge in [-0.3, -0.25) is 4.79 Å². The summed E-state index contributed by atoms with van der Waals surface area (Å²) in [4.78, 5) is 13.3. The summed E-state index contributed by atoms with van der Waals surface area (Å²) in [5, 5.41) is 0.00835. The predicted octanol–water partition coefficient (Wildman–Crippen LogP) is 2.43. The number of amides is 1. The molecule has 0 aliphatic rings. The van der Waals surface area contributed by atoms with Crippen LogP contribution in [0.1, 0.15) is 13.3 Å². The monoisotopic (exact) mass is 258 g/mol. The molecular weight excluding hydrogens is 243 g/mol. The third-order valence-corrected chi connectivity index (χ3v) is 2.88. The molecule has 0 spiro atoms. The first-order valence-electron chi connectivity index (χ1n) is 5.37. The summed E-state index contributed by atoms with van der Waals surface area (Å²) in [6.07, 6.45) is 0.363. The summed E-state index contributed by atoms with van der Waals surface area (Å²) in [6, 6.07) is 4.20. The topological polar surface area (TPSA) is 46.3 Å². The average Bonchev–Trinajstić information content (AvgIpc) is 2.31. The van der Waals surface area contributed by atoms with Crippen molar-refractivity contribution in [1.82, 2.24) is 0 Å². The Morgan fingerprint density at radius 1 is 1.59 bits per heavy atom. The Balaban J connectivity index is 2.78. The fourth-order valence-electron chi connectivity index (χ4n) is 1.36. The van der Waals surface area contributed by atoms with Crippen LogP contribution in [0, 0.1) is 11.7 Å². The molecule has 0 heterocycles. The molecule has 0 aliphatic heterocycles. The Labute approximate surface area is 105 Å². The highest BCUT2D eigenvalue weighted by atomic mass is 35.5. The molecule has 0 saturated heterocycles. The van der Waals surface area contributed by atoms with Crippen molar-refractivity contribution < 1.29 is 9.18 Å². The number of nitrogens with two attached hydrogens (primary N) is 1. The number of carbonyl (C=O) groups is 1. The standard InChI is InChI=1S/C12H16ClFN2O/c1-8(7-15)5-12(17)16(2)9-3-4-11(14)10(13)6-9/h3-4,6,8H,5,7,15H2,1-2H3. The molecule has 17 heavy (non-hydrogen) atoms.